The van der Waals surface area contributed by atoms with E-state index in [9.17, 15) is 9.59 Å². The molecule has 0 radical (unpaired) electrons. The van der Waals surface area contributed by atoms with E-state index in [4.69, 9.17) is 5.21 Å². The largest absolute Gasteiger partial charge is 0.469 e. The van der Waals surface area contributed by atoms with Crippen molar-refractivity contribution in [3.8, 4) is 0 Å². The maximum atomic E-state index is 10.8. The van der Waals surface area contributed by atoms with E-state index in [1.807, 2.05) is 0 Å². The molecule has 62 valence electrons. The van der Waals surface area contributed by atoms with Crippen LogP contribution in [-0.2, 0) is 14.3 Å². The summed E-state index contributed by atoms with van der Waals surface area (Å²) in [5.74, 6) is -1.38. The first-order valence-electron chi connectivity index (χ1n) is 3.22. The molecule has 1 fully saturated rings. The summed E-state index contributed by atoms with van der Waals surface area (Å²) in [5.41, 5.74) is 0. The van der Waals surface area contributed by atoms with E-state index in [0.29, 0.717) is 5.06 Å². The van der Waals surface area contributed by atoms with Crippen molar-refractivity contribution in [1.29, 1.82) is 0 Å². The number of hydrogen-bond donors (Lipinski definition) is 1. The van der Waals surface area contributed by atoms with Crippen molar-refractivity contribution in [3.63, 3.8) is 0 Å². The zero-order chi connectivity index (χ0) is 8.43. The first kappa shape index (κ1) is 8.00. The Bertz CT molecular complexity index is 191. The van der Waals surface area contributed by atoms with E-state index in [2.05, 4.69) is 4.74 Å². The Morgan fingerprint density at radius 2 is 2.45 bits per heavy atom. The molecule has 0 spiro atoms. The number of amides is 1. The van der Waals surface area contributed by atoms with Crippen molar-refractivity contribution in [1.82, 2.24) is 5.06 Å². The number of esters is 1. The summed E-state index contributed by atoms with van der Waals surface area (Å²) in [6.07, 6.45) is 0.0448. The van der Waals surface area contributed by atoms with Gasteiger partial charge in [-0.05, 0) is 0 Å². The molecule has 0 aromatic rings. The number of carbonyl (C=O) groups excluding carboxylic acids is 2. The molecule has 1 aliphatic rings. The number of ether oxygens (including phenoxy) is 1. The molecule has 0 aliphatic carbocycles. The third kappa shape index (κ3) is 1.48. The Labute approximate surface area is 63.5 Å². The van der Waals surface area contributed by atoms with Gasteiger partial charge in [-0.1, -0.05) is 0 Å². The lowest BCUT2D eigenvalue weighted by Gasteiger charge is -2.05. The summed E-state index contributed by atoms with van der Waals surface area (Å²) in [7, 11) is 1.26. The van der Waals surface area contributed by atoms with Crippen molar-refractivity contribution in [2.24, 2.45) is 5.92 Å². The molecule has 1 unspecified atom stereocenters. The van der Waals surface area contributed by atoms with Gasteiger partial charge >= 0.3 is 5.97 Å². The molecule has 1 atom stereocenters. The number of carbonyl (C=O) groups is 2. The third-order valence-electron chi connectivity index (χ3n) is 1.64. The van der Waals surface area contributed by atoms with Gasteiger partial charge in [0.05, 0.1) is 19.6 Å². The van der Waals surface area contributed by atoms with Gasteiger partial charge in [-0.15, -0.1) is 0 Å². The lowest BCUT2D eigenvalue weighted by Crippen LogP contribution is -2.22. The highest BCUT2D eigenvalue weighted by molar-refractivity contribution is 5.85. The van der Waals surface area contributed by atoms with Crippen LogP contribution in [0.3, 0.4) is 0 Å². The predicted octanol–water partition coefficient (Wildman–Crippen LogP) is -0.603. The average Bonchev–Trinajstić information content (AvgIpc) is 2.31. The van der Waals surface area contributed by atoms with Gasteiger partial charge in [0.1, 0.15) is 0 Å². The topological polar surface area (TPSA) is 66.8 Å². The van der Waals surface area contributed by atoms with E-state index < -0.39 is 17.8 Å². The molecule has 1 heterocycles. The molecular formula is C6H9NO4. The second-order valence-corrected chi connectivity index (χ2v) is 2.40. The highest BCUT2D eigenvalue weighted by atomic mass is 16.5. The van der Waals surface area contributed by atoms with E-state index >= 15 is 0 Å². The summed E-state index contributed by atoms with van der Waals surface area (Å²) in [6, 6.07) is 0. The average molecular weight is 159 g/mol. The van der Waals surface area contributed by atoms with Gasteiger partial charge in [0, 0.05) is 6.42 Å². The molecule has 5 nitrogen and oxygen atoms in total. The second kappa shape index (κ2) is 2.87. The minimum atomic E-state index is -0.502. The number of methoxy groups -OCH3 is 1. The van der Waals surface area contributed by atoms with Crippen LogP contribution in [-0.4, -0.2) is 35.8 Å². The van der Waals surface area contributed by atoms with Gasteiger partial charge in [-0.25, -0.2) is 5.06 Å². The van der Waals surface area contributed by atoms with Gasteiger partial charge in [-0.3, -0.25) is 14.8 Å². The van der Waals surface area contributed by atoms with Gasteiger partial charge in [0.2, 0.25) is 5.91 Å². The monoisotopic (exact) mass is 159 g/mol. The van der Waals surface area contributed by atoms with Crippen LogP contribution in [0.1, 0.15) is 6.42 Å². The molecule has 1 amide bonds. The normalized spacial score (nSPS) is 24.0. The first-order chi connectivity index (χ1) is 5.15. The van der Waals surface area contributed by atoms with Crippen molar-refractivity contribution < 1.29 is 19.5 Å². The van der Waals surface area contributed by atoms with Gasteiger partial charge in [0.15, 0.2) is 0 Å². The lowest BCUT2D eigenvalue weighted by molar-refractivity contribution is -0.157. The minimum Gasteiger partial charge on any atom is -0.469 e. The summed E-state index contributed by atoms with van der Waals surface area (Å²) in [6.45, 7) is 0.0471. The molecule has 0 saturated carbocycles. The highest BCUT2D eigenvalue weighted by Gasteiger charge is 2.34. The van der Waals surface area contributed by atoms with Gasteiger partial charge in [0.25, 0.3) is 0 Å². The van der Waals surface area contributed by atoms with Crippen LogP contribution in [0, 0.1) is 5.92 Å². The molecule has 1 rings (SSSR count). The standard InChI is InChI=1S/C6H9NO4/c1-11-6(9)4-2-5(8)7(10)3-4/h4,10H,2-3H2,1H3. The Morgan fingerprint density at radius 3 is 2.82 bits per heavy atom. The van der Waals surface area contributed by atoms with Crippen molar-refractivity contribution >= 4 is 11.9 Å². The smallest absolute Gasteiger partial charge is 0.311 e. The van der Waals surface area contributed by atoms with Crippen molar-refractivity contribution in [2.75, 3.05) is 13.7 Å². The summed E-state index contributed by atoms with van der Waals surface area (Å²) in [5, 5.41) is 9.33. The SMILES string of the molecule is COC(=O)C1CC(=O)N(O)C1. The van der Waals surface area contributed by atoms with E-state index in [-0.39, 0.29) is 13.0 Å². The van der Waals surface area contributed by atoms with E-state index in [1.165, 1.54) is 7.11 Å². The minimum absolute atomic E-state index is 0.0448. The fraction of sp³-hybridized carbons (Fsp3) is 0.667. The van der Waals surface area contributed by atoms with Crippen LogP contribution in [0.4, 0.5) is 0 Å². The Morgan fingerprint density at radius 1 is 1.82 bits per heavy atom. The summed E-state index contributed by atoms with van der Waals surface area (Å²) in [4.78, 5) is 21.5. The first-order valence-corrected chi connectivity index (χ1v) is 3.22. The van der Waals surface area contributed by atoms with Crippen molar-refractivity contribution in [3.05, 3.63) is 0 Å². The van der Waals surface area contributed by atoms with Crippen LogP contribution < -0.4 is 0 Å². The van der Waals surface area contributed by atoms with Crippen LogP contribution in [0.15, 0.2) is 0 Å². The van der Waals surface area contributed by atoms with Gasteiger partial charge in [-0.2, -0.15) is 0 Å². The third-order valence-corrected chi connectivity index (χ3v) is 1.64. The zero-order valence-corrected chi connectivity index (χ0v) is 6.11. The molecule has 11 heavy (non-hydrogen) atoms. The van der Waals surface area contributed by atoms with Crippen LogP contribution in [0.25, 0.3) is 0 Å². The molecular weight excluding hydrogens is 150 g/mol. The van der Waals surface area contributed by atoms with Crippen LogP contribution in [0.2, 0.25) is 0 Å². The molecule has 1 aliphatic heterocycles. The zero-order valence-electron chi connectivity index (χ0n) is 6.11. The van der Waals surface area contributed by atoms with Crippen LogP contribution >= 0.6 is 0 Å². The number of nitrogens with zero attached hydrogens (tertiary/aromatic N) is 1. The Kier molecular flexibility index (Phi) is 2.09. The Hall–Kier alpha value is -1.10. The maximum Gasteiger partial charge on any atom is 0.311 e. The quantitative estimate of drug-likeness (QED) is 0.409. The Balaban J connectivity index is 2.53. The van der Waals surface area contributed by atoms with Gasteiger partial charge < -0.3 is 4.74 Å². The number of hydrogen-bond acceptors (Lipinski definition) is 4. The molecule has 0 bridgehead atoms. The second-order valence-electron chi connectivity index (χ2n) is 2.40. The van der Waals surface area contributed by atoms with Crippen molar-refractivity contribution in [2.45, 2.75) is 6.42 Å². The fourth-order valence-electron chi connectivity index (χ4n) is 1.02. The molecule has 1 saturated heterocycles. The van der Waals surface area contributed by atoms with E-state index in [0.717, 1.165) is 0 Å². The predicted molar refractivity (Wildman–Crippen MR) is 33.6 cm³/mol. The van der Waals surface area contributed by atoms with E-state index in [1.54, 1.807) is 0 Å². The van der Waals surface area contributed by atoms with Crippen LogP contribution in [0.5, 0.6) is 0 Å². The summed E-state index contributed by atoms with van der Waals surface area (Å²) >= 11 is 0. The molecule has 5 heteroatoms. The molecule has 0 aromatic heterocycles. The molecule has 0 aromatic carbocycles. The molecule has 1 N–H and O–H groups in total. The fourth-order valence-corrected chi connectivity index (χ4v) is 1.02. The lowest BCUT2D eigenvalue weighted by atomic mass is 10.1. The highest BCUT2D eigenvalue weighted by Crippen LogP contribution is 2.16. The summed E-state index contributed by atoms with van der Waals surface area (Å²) < 4.78 is 4.40. The number of hydroxylamine groups is 2. The number of rotatable bonds is 1. The maximum absolute atomic E-state index is 10.8.